The van der Waals surface area contributed by atoms with Gasteiger partial charge in [0.05, 0.1) is 4.90 Å². The Hall–Kier alpha value is -0.910. The largest absolute Gasteiger partial charge is 0.305 e. The van der Waals surface area contributed by atoms with Crippen LogP contribution in [0.5, 0.6) is 0 Å². The molecule has 0 saturated heterocycles. The van der Waals surface area contributed by atoms with E-state index in [0.29, 0.717) is 0 Å². The van der Waals surface area contributed by atoms with Crippen molar-refractivity contribution >= 4 is 10.1 Å². The van der Waals surface area contributed by atoms with Crippen molar-refractivity contribution in [2.24, 2.45) is 0 Å². The summed E-state index contributed by atoms with van der Waals surface area (Å²) in [5.74, 6) is 0. The minimum absolute atomic E-state index is 0.0694. The van der Waals surface area contributed by atoms with E-state index in [1.807, 2.05) is 19.0 Å². The number of rotatable bonds is 3. The molecule has 78 valence electrons. The van der Waals surface area contributed by atoms with Crippen LogP contribution in [0.2, 0.25) is 0 Å². The highest BCUT2D eigenvalue weighted by Crippen LogP contribution is 2.10. The molecule has 0 saturated carbocycles. The molecule has 0 spiro atoms. The highest BCUT2D eigenvalue weighted by molar-refractivity contribution is 7.85. The zero-order valence-electron chi connectivity index (χ0n) is 8.14. The summed E-state index contributed by atoms with van der Waals surface area (Å²) in [4.78, 5) is 1.91. The van der Waals surface area contributed by atoms with Crippen molar-refractivity contribution in [1.29, 1.82) is 0 Å². The molecule has 0 bridgehead atoms. The van der Waals surface area contributed by atoms with Crippen LogP contribution in [-0.2, 0) is 16.7 Å². The lowest BCUT2D eigenvalue weighted by molar-refractivity contribution is 0.402. The third-order valence-electron chi connectivity index (χ3n) is 1.72. The first-order chi connectivity index (χ1) is 6.39. The van der Waals surface area contributed by atoms with Gasteiger partial charge in [0.1, 0.15) is 0 Å². The van der Waals surface area contributed by atoms with Crippen LogP contribution in [0.25, 0.3) is 0 Å². The standard InChI is InChI=1S/C9H13NO3S/c1-10(2)7-8-3-5-9(6-4-8)14(11,12)13/h3-6H,7H2,1-2H3,(H,11,12,13). The first-order valence-electron chi connectivity index (χ1n) is 4.11. The van der Waals surface area contributed by atoms with E-state index in [0.717, 1.165) is 12.1 Å². The summed E-state index contributed by atoms with van der Waals surface area (Å²) in [7, 11) is -0.207. The summed E-state index contributed by atoms with van der Waals surface area (Å²) in [6.07, 6.45) is 0. The minimum atomic E-state index is -4.06. The van der Waals surface area contributed by atoms with Crippen LogP contribution in [0.15, 0.2) is 29.2 Å². The summed E-state index contributed by atoms with van der Waals surface area (Å²) in [5, 5.41) is 0. The molecule has 0 aliphatic carbocycles. The van der Waals surface area contributed by atoms with Crippen LogP contribution >= 0.6 is 0 Å². The van der Waals surface area contributed by atoms with Gasteiger partial charge in [-0.1, -0.05) is 12.1 Å². The average molecular weight is 215 g/mol. The van der Waals surface area contributed by atoms with E-state index in [9.17, 15) is 8.42 Å². The Morgan fingerprint density at radius 1 is 1.21 bits per heavy atom. The van der Waals surface area contributed by atoms with Crippen LogP contribution in [0.1, 0.15) is 5.56 Å². The van der Waals surface area contributed by atoms with Gasteiger partial charge in [-0.3, -0.25) is 4.55 Å². The van der Waals surface area contributed by atoms with Crippen LogP contribution in [0.3, 0.4) is 0 Å². The lowest BCUT2D eigenvalue weighted by Crippen LogP contribution is -2.10. The van der Waals surface area contributed by atoms with Gasteiger partial charge in [-0.25, -0.2) is 0 Å². The quantitative estimate of drug-likeness (QED) is 0.764. The third-order valence-corrected chi connectivity index (χ3v) is 2.59. The van der Waals surface area contributed by atoms with Gasteiger partial charge >= 0.3 is 0 Å². The summed E-state index contributed by atoms with van der Waals surface area (Å²) in [6, 6.07) is 6.16. The molecule has 4 nitrogen and oxygen atoms in total. The van der Waals surface area contributed by atoms with Crippen molar-refractivity contribution in [2.75, 3.05) is 14.1 Å². The fourth-order valence-corrected chi connectivity index (χ4v) is 1.61. The van der Waals surface area contributed by atoms with E-state index in [-0.39, 0.29) is 4.90 Å². The zero-order valence-corrected chi connectivity index (χ0v) is 8.95. The molecule has 0 unspecified atom stereocenters. The third kappa shape index (κ3) is 3.10. The van der Waals surface area contributed by atoms with E-state index in [1.54, 1.807) is 12.1 Å². The highest BCUT2D eigenvalue weighted by Gasteiger charge is 2.08. The Kier molecular flexibility index (Phi) is 3.25. The summed E-state index contributed by atoms with van der Waals surface area (Å²) < 4.78 is 30.1. The molecular weight excluding hydrogens is 202 g/mol. The molecule has 14 heavy (non-hydrogen) atoms. The molecular formula is C9H13NO3S. The van der Waals surface area contributed by atoms with Gasteiger partial charge in [0.25, 0.3) is 10.1 Å². The Morgan fingerprint density at radius 2 is 1.71 bits per heavy atom. The van der Waals surface area contributed by atoms with Gasteiger partial charge in [-0.05, 0) is 31.8 Å². The van der Waals surface area contributed by atoms with Crippen LogP contribution in [0, 0.1) is 0 Å². The van der Waals surface area contributed by atoms with Crippen LogP contribution < -0.4 is 0 Å². The lowest BCUT2D eigenvalue weighted by atomic mass is 10.2. The SMILES string of the molecule is CN(C)Cc1ccc(S(=O)(=O)O)cc1. The number of nitrogens with zero attached hydrogens (tertiary/aromatic N) is 1. The number of benzene rings is 1. The first kappa shape index (κ1) is 11.2. The van der Waals surface area contributed by atoms with Gasteiger partial charge in [0.2, 0.25) is 0 Å². The second-order valence-electron chi connectivity index (χ2n) is 3.36. The smallest absolute Gasteiger partial charge is 0.294 e. The normalized spacial score (nSPS) is 12.0. The van der Waals surface area contributed by atoms with Crippen molar-refractivity contribution in [2.45, 2.75) is 11.4 Å². The second-order valence-corrected chi connectivity index (χ2v) is 4.78. The monoisotopic (exact) mass is 215 g/mol. The Labute approximate surface area is 83.9 Å². The summed E-state index contributed by atoms with van der Waals surface area (Å²) >= 11 is 0. The van der Waals surface area contributed by atoms with Crippen molar-refractivity contribution in [3.8, 4) is 0 Å². The predicted molar refractivity (Wildman–Crippen MR) is 53.6 cm³/mol. The van der Waals surface area contributed by atoms with Crippen molar-refractivity contribution < 1.29 is 13.0 Å². The second kappa shape index (κ2) is 4.08. The molecule has 0 aliphatic rings. The molecule has 0 radical (unpaired) electrons. The highest BCUT2D eigenvalue weighted by atomic mass is 32.2. The molecule has 0 aromatic heterocycles. The van der Waals surface area contributed by atoms with E-state index >= 15 is 0 Å². The maximum absolute atomic E-state index is 10.7. The predicted octanol–water partition coefficient (Wildman–Crippen LogP) is 0.995. The van der Waals surface area contributed by atoms with E-state index in [1.165, 1.54) is 12.1 Å². The molecule has 1 N–H and O–H groups in total. The van der Waals surface area contributed by atoms with Crippen LogP contribution in [-0.4, -0.2) is 32.0 Å². The average Bonchev–Trinajstić information content (AvgIpc) is 2.02. The molecule has 0 fully saturated rings. The first-order valence-corrected chi connectivity index (χ1v) is 5.55. The molecule has 0 amide bonds. The van der Waals surface area contributed by atoms with Gasteiger partial charge < -0.3 is 4.90 Å². The van der Waals surface area contributed by atoms with Crippen LogP contribution in [0.4, 0.5) is 0 Å². The Morgan fingerprint density at radius 3 is 2.07 bits per heavy atom. The van der Waals surface area contributed by atoms with Gasteiger partial charge in [0, 0.05) is 6.54 Å². The maximum atomic E-state index is 10.7. The Bertz CT molecular complexity index is 395. The minimum Gasteiger partial charge on any atom is -0.305 e. The Balaban J connectivity index is 2.90. The molecule has 1 aromatic carbocycles. The van der Waals surface area contributed by atoms with Crippen molar-refractivity contribution in [3.05, 3.63) is 29.8 Å². The zero-order chi connectivity index (χ0) is 10.8. The molecule has 5 heteroatoms. The van der Waals surface area contributed by atoms with Gasteiger partial charge in [-0.15, -0.1) is 0 Å². The molecule has 0 heterocycles. The van der Waals surface area contributed by atoms with Gasteiger partial charge in [-0.2, -0.15) is 8.42 Å². The van der Waals surface area contributed by atoms with E-state index in [2.05, 4.69) is 0 Å². The number of hydrogen-bond acceptors (Lipinski definition) is 3. The summed E-state index contributed by atoms with van der Waals surface area (Å²) in [5.41, 5.74) is 1.00. The van der Waals surface area contributed by atoms with Crippen molar-refractivity contribution in [1.82, 2.24) is 4.90 Å². The summed E-state index contributed by atoms with van der Waals surface area (Å²) in [6.45, 7) is 0.742. The molecule has 1 rings (SSSR count). The topological polar surface area (TPSA) is 57.6 Å². The fourth-order valence-electron chi connectivity index (χ4n) is 1.13. The van der Waals surface area contributed by atoms with Crippen molar-refractivity contribution in [3.63, 3.8) is 0 Å². The lowest BCUT2D eigenvalue weighted by Gasteiger charge is -2.09. The fraction of sp³-hybridized carbons (Fsp3) is 0.333. The number of hydrogen-bond donors (Lipinski definition) is 1. The molecule has 0 aliphatic heterocycles. The van der Waals surface area contributed by atoms with Gasteiger partial charge in [0.15, 0.2) is 0 Å². The molecule has 1 aromatic rings. The van der Waals surface area contributed by atoms with E-state index in [4.69, 9.17) is 4.55 Å². The van der Waals surface area contributed by atoms with E-state index < -0.39 is 10.1 Å². The molecule has 0 atom stereocenters. The maximum Gasteiger partial charge on any atom is 0.294 e.